The van der Waals surface area contributed by atoms with Gasteiger partial charge in [-0.25, -0.2) is 18.7 Å². The van der Waals surface area contributed by atoms with Crippen LogP contribution in [0.25, 0.3) is 0 Å². The molecule has 2 aromatic rings. The third-order valence-electron chi connectivity index (χ3n) is 6.45. The van der Waals surface area contributed by atoms with Crippen LogP contribution in [0.3, 0.4) is 0 Å². The summed E-state index contributed by atoms with van der Waals surface area (Å²) in [5.74, 6) is -4.99. The highest BCUT2D eigenvalue weighted by molar-refractivity contribution is 6.30. The molecule has 0 aliphatic carbocycles. The normalized spacial score (nSPS) is 21.2. The number of nitrogens with zero attached hydrogens (tertiary/aromatic N) is 3. The van der Waals surface area contributed by atoms with Gasteiger partial charge in [0.25, 0.3) is 5.91 Å². The number of rotatable bonds is 6. The number of alkyl halides is 3. The molecule has 2 amide bonds. The van der Waals surface area contributed by atoms with Crippen LogP contribution in [-0.4, -0.2) is 52.0 Å². The molecule has 2 saturated heterocycles. The average Bonchev–Trinajstić information content (AvgIpc) is 3.23. The van der Waals surface area contributed by atoms with Gasteiger partial charge in [-0.2, -0.15) is 13.2 Å². The van der Waals surface area contributed by atoms with Crippen molar-refractivity contribution >= 4 is 23.4 Å². The first-order chi connectivity index (χ1) is 17.0. The lowest BCUT2D eigenvalue weighted by molar-refractivity contribution is -0.145. The second-order valence-electron chi connectivity index (χ2n) is 8.70. The van der Waals surface area contributed by atoms with Crippen LogP contribution in [0, 0.1) is 17.6 Å². The topological polar surface area (TPSA) is 84.4 Å². The van der Waals surface area contributed by atoms with Crippen LogP contribution in [0.1, 0.15) is 54.1 Å². The lowest BCUT2D eigenvalue weighted by Crippen LogP contribution is -2.52. The summed E-state index contributed by atoms with van der Waals surface area (Å²) in [4.78, 5) is 34.4. The minimum atomic E-state index is -4.85. The summed E-state index contributed by atoms with van der Waals surface area (Å²) in [6.45, 7) is 2.17. The van der Waals surface area contributed by atoms with E-state index in [1.54, 1.807) is 6.92 Å². The van der Waals surface area contributed by atoms with E-state index in [1.807, 2.05) is 0 Å². The largest absolute Gasteiger partial charge is 0.451 e. The third kappa shape index (κ3) is 5.15. The zero-order chi connectivity index (χ0) is 26.2. The highest BCUT2D eigenvalue weighted by Gasteiger charge is 2.43. The minimum absolute atomic E-state index is 0.118. The molecule has 1 aromatic carbocycles. The van der Waals surface area contributed by atoms with Crippen molar-refractivity contribution in [2.24, 2.45) is 5.92 Å². The average molecular weight is 533 g/mol. The SMILES string of the molecule is CC[C@@H]1CC[C@H](C(=O)NC(c2cc(F)c(Cl)cc2F)C2COC2)N1C(=O)c1ccnc(C(F)(F)F)n1. The molecule has 194 valence electrons. The number of likely N-dealkylation sites (tertiary alicyclic amines) is 1. The van der Waals surface area contributed by atoms with Crippen LogP contribution in [0.5, 0.6) is 0 Å². The molecule has 7 nitrogen and oxygen atoms in total. The lowest BCUT2D eigenvalue weighted by atomic mass is 9.90. The smallest absolute Gasteiger partial charge is 0.381 e. The van der Waals surface area contributed by atoms with Crippen LogP contribution in [-0.2, 0) is 15.7 Å². The maximum atomic E-state index is 14.7. The Morgan fingerprint density at radius 3 is 2.56 bits per heavy atom. The molecule has 3 heterocycles. The molecular formula is C23H22ClF5N4O3. The van der Waals surface area contributed by atoms with Gasteiger partial charge in [-0.1, -0.05) is 18.5 Å². The highest BCUT2D eigenvalue weighted by Crippen LogP contribution is 2.34. The zero-order valence-electron chi connectivity index (χ0n) is 19.0. The predicted molar refractivity (Wildman–Crippen MR) is 117 cm³/mol. The van der Waals surface area contributed by atoms with Gasteiger partial charge in [0.05, 0.1) is 24.3 Å². The summed E-state index contributed by atoms with van der Waals surface area (Å²) in [5.41, 5.74) is -0.614. The van der Waals surface area contributed by atoms with Crippen molar-refractivity contribution < 1.29 is 36.3 Å². The number of ether oxygens (including phenoxy) is 1. The Balaban J connectivity index is 1.61. The van der Waals surface area contributed by atoms with Crippen LogP contribution >= 0.6 is 11.6 Å². The summed E-state index contributed by atoms with van der Waals surface area (Å²) in [6, 6.07) is 0.344. The summed E-state index contributed by atoms with van der Waals surface area (Å²) in [7, 11) is 0. The molecule has 1 N–H and O–H groups in total. The van der Waals surface area contributed by atoms with Gasteiger partial charge < -0.3 is 15.0 Å². The van der Waals surface area contributed by atoms with Crippen LogP contribution < -0.4 is 5.32 Å². The Hall–Kier alpha value is -2.86. The maximum absolute atomic E-state index is 14.7. The summed E-state index contributed by atoms with van der Waals surface area (Å²) < 4.78 is 73.2. The molecule has 1 aromatic heterocycles. The van der Waals surface area contributed by atoms with E-state index in [0.717, 1.165) is 24.4 Å². The number of hydrogen-bond donors (Lipinski definition) is 1. The number of amides is 2. The fourth-order valence-electron chi connectivity index (χ4n) is 4.52. The maximum Gasteiger partial charge on any atom is 0.451 e. The molecular weight excluding hydrogens is 511 g/mol. The molecule has 36 heavy (non-hydrogen) atoms. The van der Waals surface area contributed by atoms with Gasteiger partial charge >= 0.3 is 6.18 Å². The number of carbonyl (C=O) groups is 2. The van der Waals surface area contributed by atoms with Crippen LogP contribution in [0.2, 0.25) is 5.02 Å². The number of halogens is 6. The number of hydrogen-bond acceptors (Lipinski definition) is 5. The van der Waals surface area contributed by atoms with Gasteiger partial charge in [-0.3, -0.25) is 9.59 Å². The molecule has 4 rings (SSSR count). The second kappa shape index (κ2) is 10.3. The van der Waals surface area contributed by atoms with E-state index in [2.05, 4.69) is 15.3 Å². The van der Waals surface area contributed by atoms with Gasteiger partial charge in [0, 0.05) is 23.7 Å². The van der Waals surface area contributed by atoms with Gasteiger partial charge in [0.2, 0.25) is 11.7 Å². The molecule has 2 fully saturated rings. The van der Waals surface area contributed by atoms with Crippen LogP contribution in [0.15, 0.2) is 24.4 Å². The second-order valence-corrected chi connectivity index (χ2v) is 9.11. The van der Waals surface area contributed by atoms with Gasteiger partial charge in [-0.05, 0) is 37.5 Å². The molecule has 0 radical (unpaired) electrons. The number of aromatic nitrogens is 2. The van der Waals surface area contributed by atoms with E-state index in [1.165, 1.54) is 4.90 Å². The molecule has 0 saturated carbocycles. The van der Waals surface area contributed by atoms with Gasteiger partial charge in [-0.15, -0.1) is 0 Å². The first kappa shape index (κ1) is 26.2. The van der Waals surface area contributed by atoms with E-state index >= 15 is 0 Å². The molecule has 0 spiro atoms. The van der Waals surface area contributed by atoms with Crippen LogP contribution in [0.4, 0.5) is 22.0 Å². The van der Waals surface area contributed by atoms with Gasteiger partial charge in [0.1, 0.15) is 23.4 Å². The molecule has 2 aliphatic heterocycles. The highest BCUT2D eigenvalue weighted by atomic mass is 35.5. The molecule has 1 unspecified atom stereocenters. The molecule has 2 aliphatic rings. The van der Waals surface area contributed by atoms with Crippen molar-refractivity contribution in [1.82, 2.24) is 20.2 Å². The minimum Gasteiger partial charge on any atom is -0.381 e. The lowest BCUT2D eigenvalue weighted by Gasteiger charge is -2.36. The summed E-state index contributed by atoms with van der Waals surface area (Å²) in [6.07, 6.45) is -2.90. The first-order valence-corrected chi connectivity index (χ1v) is 11.6. The Bertz CT molecular complexity index is 1160. The monoisotopic (exact) mass is 532 g/mol. The standard InChI is InChI=1S/C23H22ClF5N4O3/c1-2-12-3-4-18(33(12)21(35)17-5-6-30-22(31-17)23(27,28)29)20(34)32-19(11-9-36-10-11)13-7-16(26)14(24)8-15(13)25/h5-8,11-12,18-19H,2-4,9-10H2,1H3,(H,32,34)/t12-,18-,19?/m1/s1. The van der Waals surface area contributed by atoms with Crippen molar-refractivity contribution in [2.75, 3.05) is 13.2 Å². The van der Waals surface area contributed by atoms with Crippen molar-refractivity contribution in [2.45, 2.75) is 50.5 Å². The van der Waals surface area contributed by atoms with E-state index in [4.69, 9.17) is 16.3 Å². The Morgan fingerprint density at radius 1 is 1.22 bits per heavy atom. The van der Waals surface area contributed by atoms with Crippen molar-refractivity contribution in [1.29, 1.82) is 0 Å². The van der Waals surface area contributed by atoms with E-state index < -0.39 is 64.3 Å². The molecule has 0 bridgehead atoms. The Labute approximate surface area is 208 Å². The fraction of sp³-hybridized carbons (Fsp3) is 0.478. The number of benzene rings is 1. The first-order valence-electron chi connectivity index (χ1n) is 11.3. The molecule has 13 heteroatoms. The van der Waals surface area contributed by atoms with E-state index in [9.17, 15) is 31.5 Å². The van der Waals surface area contributed by atoms with E-state index in [0.29, 0.717) is 12.8 Å². The zero-order valence-corrected chi connectivity index (χ0v) is 19.7. The van der Waals surface area contributed by atoms with Crippen molar-refractivity contribution in [3.8, 4) is 0 Å². The van der Waals surface area contributed by atoms with Crippen molar-refractivity contribution in [3.05, 3.63) is 58.1 Å². The fourth-order valence-corrected chi connectivity index (χ4v) is 4.67. The summed E-state index contributed by atoms with van der Waals surface area (Å²) in [5, 5.41) is 2.30. The predicted octanol–water partition coefficient (Wildman–Crippen LogP) is 4.31. The third-order valence-corrected chi connectivity index (χ3v) is 6.74. The molecule has 3 atom stereocenters. The Morgan fingerprint density at radius 2 is 1.94 bits per heavy atom. The number of nitrogens with one attached hydrogen (secondary N) is 1. The van der Waals surface area contributed by atoms with E-state index in [-0.39, 0.29) is 31.1 Å². The van der Waals surface area contributed by atoms with Gasteiger partial charge in [0.15, 0.2) is 0 Å². The summed E-state index contributed by atoms with van der Waals surface area (Å²) >= 11 is 5.66. The number of carbonyl (C=O) groups excluding carboxylic acids is 2. The van der Waals surface area contributed by atoms with Crippen molar-refractivity contribution in [3.63, 3.8) is 0 Å². The Kier molecular flexibility index (Phi) is 7.46. The quantitative estimate of drug-likeness (QED) is 0.443.